The van der Waals surface area contributed by atoms with Crippen molar-refractivity contribution in [3.05, 3.63) is 34.9 Å². The van der Waals surface area contributed by atoms with Crippen LogP contribution in [0, 0.1) is 13.8 Å². The van der Waals surface area contributed by atoms with Crippen LogP contribution in [0.15, 0.2) is 18.2 Å². The van der Waals surface area contributed by atoms with Crippen LogP contribution in [0.1, 0.15) is 21.9 Å². The maximum atomic E-state index is 11.8. The SMILES string of the molecule is CNC1CS(=O)(=O)C1c1ccc(C)cc1C. The Balaban J connectivity index is 2.43. The molecule has 1 aliphatic rings. The number of rotatable bonds is 2. The Hall–Kier alpha value is -0.870. The summed E-state index contributed by atoms with van der Waals surface area (Å²) in [6, 6.07) is 6.02. The Morgan fingerprint density at radius 3 is 2.50 bits per heavy atom. The first-order chi connectivity index (χ1) is 7.45. The number of hydrogen-bond acceptors (Lipinski definition) is 3. The van der Waals surface area contributed by atoms with E-state index < -0.39 is 9.84 Å². The van der Waals surface area contributed by atoms with E-state index in [0.29, 0.717) is 0 Å². The van der Waals surface area contributed by atoms with Gasteiger partial charge in [0.25, 0.3) is 0 Å². The largest absolute Gasteiger partial charge is 0.314 e. The van der Waals surface area contributed by atoms with Gasteiger partial charge in [0.2, 0.25) is 0 Å². The summed E-state index contributed by atoms with van der Waals surface area (Å²) in [4.78, 5) is 0. The Labute approximate surface area is 96.8 Å². The zero-order chi connectivity index (χ0) is 11.9. The van der Waals surface area contributed by atoms with Gasteiger partial charge in [-0.2, -0.15) is 0 Å². The number of aryl methyl sites for hydroxylation is 2. The van der Waals surface area contributed by atoms with Crippen molar-refractivity contribution in [1.29, 1.82) is 0 Å². The maximum Gasteiger partial charge on any atom is 0.160 e. The van der Waals surface area contributed by atoms with Crippen LogP contribution in [0.5, 0.6) is 0 Å². The summed E-state index contributed by atoms with van der Waals surface area (Å²) in [5, 5.41) is 2.71. The first-order valence-corrected chi connectivity index (χ1v) is 7.13. The summed E-state index contributed by atoms with van der Waals surface area (Å²) in [6.07, 6.45) is 0. The fourth-order valence-electron chi connectivity index (χ4n) is 2.36. The standard InChI is InChI=1S/C12H17NO2S/c1-8-4-5-10(9(2)6-8)12-11(13-3)7-16(12,14)15/h4-6,11-13H,7H2,1-3H3. The van der Waals surface area contributed by atoms with Crippen molar-refractivity contribution in [2.24, 2.45) is 0 Å². The van der Waals surface area contributed by atoms with Crippen molar-refractivity contribution >= 4 is 9.84 Å². The minimum atomic E-state index is -2.93. The normalized spacial score (nSPS) is 27.4. The van der Waals surface area contributed by atoms with Crippen LogP contribution >= 0.6 is 0 Å². The molecule has 0 aromatic heterocycles. The lowest BCUT2D eigenvalue weighted by Crippen LogP contribution is -2.52. The Morgan fingerprint density at radius 2 is 2.00 bits per heavy atom. The number of hydrogen-bond donors (Lipinski definition) is 1. The molecule has 3 nitrogen and oxygen atoms in total. The summed E-state index contributed by atoms with van der Waals surface area (Å²) < 4.78 is 23.6. The summed E-state index contributed by atoms with van der Waals surface area (Å²) >= 11 is 0. The molecule has 0 aliphatic carbocycles. The maximum absolute atomic E-state index is 11.8. The molecule has 0 bridgehead atoms. The number of benzene rings is 1. The highest BCUT2D eigenvalue weighted by molar-refractivity contribution is 7.93. The predicted octanol–water partition coefficient (Wildman–Crippen LogP) is 1.36. The van der Waals surface area contributed by atoms with Crippen LogP contribution in [0.2, 0.25) is 0 Å². The number of likely N-dealkylation sites (N-methyl/N-ethyl adjacent to an activating group) is 1. The lowest BCUT2D eigenvalue weighted by Gasteiger charge is -2.37. The van der Waals surface area contributed by atoms with Gasteiger partial charge in [0.1, 0.15) is 5.25 Å². The van der Waals surface area contributed by atoms with E-state index >= 15 is 0 Å². The van der Waals surface area contributed by atoms with Gasteiger partial charge in [0.15, 0.2) is 9.84 Å². The lowest BCUT2D eigenvalue weighted by molar-refractivity contribution is 0.482. The molecule has 2 atom stereocenters. The zero-order valence-corrected chi connectivity index (χ0v) is 10.6. The molecule has 1 heterocycles. The lowest BCUT2D eigenvalue weighted by atomic mass is 9.99. The highest BCUT2D eigenvalue weighted by atomic mass is 32.2. The van der Waals surface area contributed by atoms with E-state index in [1.165, 1.54) is 5.56 Å². The third-order valence-corrected chi connectivity index (χ3v) is 5.45. The van der Waals surface area contributed by atoms with Gasteiger partial charge < -0.3 is 5.32 Å². The molecular formula is C12H17NO2S. The van der Waals surface area contributed by atoms with Gasteiger partial charge in [0, 0.05) is 6.04 Å². The van der Waals surface area contributed by atoms with Gasteiger partial charge in [-0.3, -0.25) is 0 Å². The average Bonchev–Trinajstić information content (AvgIpc) is 2.19. The topological polar surface area (TPSA) is 46.2 Å². The second-order valence-corrected chi connectivity index (χ2v) is 6.67. The van der Waals surface area contributed by atoms with Gasteiger partial charge in [-0.05, 0) is 32.0 Å². The second-order valence-electron chi connectivity index (χ2n) is 4.51. The Bertz CT molecular complexity index is 508. The van der Waals surface area contributed by atoms with Crippen molar-refractivity contribution in [1.82, 2.24) is 5.32 Å². The summed E-state index contributed by atoms with van der Waals surface area (Å²) in [5.41, 5.74) is 3.17. The third-order valence-electron chi connectivity index (χ3n) is 3.27. The molecule has 2 rings (SSSR count). The third kappa shape index (κ3) is 1.76. The average molecular weight is 239 g/mol. The molecule has 16 heavy (non-hydrogen) atoms. The minimum Gasteiger partial charge on any atom is -0.314 e. The van der Waals surface area contributed by atoms with Crippen molar-refractivity contribution < 1.29 is 8.42 Å². The monoisotopic (exact) mass is 239 g/mol. The van der Waals surface area contributed by atoms with Gasteiger partial charge in [-0.15, -0.1) is 0 Å². The van der Waals surface area contributed by atoms with E-state index in [2.05, 4.69) is 5.32 Å². The molecule has 0 radical (unpaired) electrons. The highest BCUT2D eigenvalue weighted by Crippen LogP contribution is 2.38. The number of sulfone groups is 1. The fraction of sp³-hybridized carbons (Fsp3) is 0.500. The molecule has 1 fully saturated rings. The number of nitrogens with one attached hydrogen (secondary N) is 1. The van der Waals surface area contributed by atoms with Gasteiger partial charge in [0.05, 0.1) is 5.75 Å². The van der Waals surface area contributed by atoms with Crippen molar-refractivity contribution in [2.45, 2.75) is 25.1 Å². The van der Waals surface area contributed by atoms with Crippen LogP contribution in [0.25, 0.3) is 0 Å². The van der Waals surface area contributed by atoms with E-state index in [0.717, 1.165) is 11.1 Å². The van der Waals surface area contributed by atoms with Crippen LogP contribution in [-0.4, -0.2) is 27.3 Å². The summed E-state index contributed by atoms with van der Waals surface area (Å²) in [6.45, 7) is 3.99. The Kier molecular flexibility index (Phi) is 2.80. The van der Waals surface area contributed by atoms with E-state index in [9.17, 15) is 8.42 Å². The summed E-state index contributed by atoms with van der Waals surface area (Å²) in [5.74, 6) is 0.251. The second kappa shape index (κ2) is 3.86. The van der Waals surface area contributed by atoms with Crippen LogP contribution in [-0.2, 0) is 9.84 Å². The van der Waals surface area contributed by atoms with E-state index in [1.54, 1.807) is 0 Å². The molecule has 2 unspecified atom stereocenters. The van der Waals surface area contributed by atoms with Gasteiger partial charge in [-0.25, -0.2) is 8.42 Å². The van der Waals surface area contributed by atoms with Gasteiger partial charge in [-0.1, -0.05) is 23.8 Å². The first kappa shape index (κ1) is 11.6. The van der Waals surface area contributed by atoms with E-state index in [1.807, 2.05) is 39.1 Å². The van der Waals surface area contributed by atoms with E-state index in [4.69, 9.17) is 0 Å². The fourth-order valence-corrected chi connectivity index (χ4v) is 4.45. The molecule has 88 valence electrons. The first-order valence-electron chi connectivity index (χ1n) is 5.41. The zero-order valence-electron chi connectivity index (χ0n) is 9.82. The molecule has 0 amide bonds. The van der Waals surface area contributed by atoms with Crippen molar-refractivity contribution in [2.75, 3.05) is 12.8 Å². The molecular weight excluding hydrogens is 222 g/mol. The quantitative estimate of drug-likeness (QED) is 0.847. The molecule has 1 aromatic carbocycles. The molecule has 1 N–H and O–H groups in total. The Morgan fingerprint density at radius 1 is 1.31 bits per heavy atom. The highest BCUT2D eigenvalue weighted by Gasteiger charge is 2.46. The molecule has 0 spiro atoms. The molecule has 1 saturated heterocycles. The molecule has 4 heteroatoms. The van der Waals surface area contributed by atoms with Crippen molar-refractivity contribution in [3.8, 4) is 0 Å². The predicted molar refractivity (Wildman–Crippen MR) is 65.3 cm³/mol. The van der Waals surface area contributed by atoms with Crippen LogP contribution in [0.4, 0.5) is 0 Å². The smallest absolute Gasteiger partial charge is 0.160 e. The summed E-state index contributed by atoms with van der Waals surface area (Å²) in [7, 11) is -1.12. The van der Waals surface area contributed by atoms with Crippen LogP contribution in [0.3, 0.4) is 0 Å². The minimum absolute atomic E-state index is 0.0615. The van der Waals surface area contributed by atoms with E-state index in [-0.39, 0.29) is 17.0 Å². The van der Waals surface area contributed by atoms with Crippen molar-refractivity contribution in [3.63, 3.8) is 0 Å². The van der Waals surface area contributed by atoms with Crippen LogP contribution < -0.4 is 5.32 Å². The van der Waals surface area contributed by atoms with Gasteiger partial charge >= 0.3 is 0 Å². The molecule has 1 aromatic rings. The molecule has 0 saturated carbocycles. The molecule has 1 aliphatic heterocycles.